The number of carbonyl (C=O) groups is 2. The van der Waals surface area contributed by atoms with Crippen molar-refractivity contribution in [1.82, 2.24) is 14.9 Å². The fraction of sp³-hybridized carbons (Fsp3) is 0.565. The van der Waals surface area contributed by atoms with Crippen LogP contribution < -0.4 is 10.6 Å². The van der Waals surface area contributed by atoms with E-state index in [1.807, 2.05) is 13.0 Å². The molecule has 0 spiro atoms. The number of ether oxygens (including phenoxy) is 1. The lowest BCUT2D eigenvalue weighted by Gasteiger charge is -2.35. The maximum atomic E-state index is 13.3. The molecule has 1 heterocycles. The second-order valence-electron chi connectivity index (χ2n) is 8.39. The Morgan fingerprint density at radius 2 is 1.91 bits per heavy atom. The molecule has 3 rings (SSSR count). The molecule has 176 valence electrons. The standard InChI is InChI=1S/C23H33N3O5S/c1-17-9-10-18(2)20(15-17)32(29,30)26-13-6-14-31-21(26)16-25-23(28)22(27)24-12-11-19-7-4-3-5-8-19/h7,9-10,15,21H,3-6,8,11-14,16H2,1-2H3,(H,24,27)(H,25,28)/t21-/m1/s1. The molecule has 0 radical (unpaired) electrons. The topological polar surface area (TPSA) is 105 Å². The van der Waals surface area contributed by atoms with E-state index in [0.717, 1.165) is 24.8 Å². The van der Waals surface area contributed by atoms with Gasteiger partial charge in [-0.3, -0.25) is 9.59 Å². The van der Waals surface area contributed by atoms with Crippen LogP contribution in [0.25, 0.3) is 0 Å². The van der Waals surface area contributed by atoms with Crippen LogP contribution in [0.5, 0.6) is 0 Å². The third kappa shape index (κ3) is 6.17. The first-order valence-corrected chi connectivity index (χ1v) is 12.7. The molecule has 0 unspecified atom stereocenters. The van der Waals surface area contributed by atoms with Crippen LogP contribution in [0.4, 0.5) is 0 Å². The molecule has 1 aromatic carbocycles. The van der Waals surface area contributed by atoms with Crippen LogP contribution in [0, 0.1) is 13.8 Å². The van der Waals surface area contributed by atoms with Crippen molar-refractivity contribution in [1.29, 1.82) is 0 Å². The number of rotatable bonds is 7. The van der Waals surface area contributed by atoms with Gasteiger partial charge in [-0.25, -0.2) is 8.42 Å². The number of benzene rings is 1. The smallest absolute Gasteiger partial charge is 0.309 e. The van der Waals surface area contributed by atoms with Gasteiger partial charge in [0.05, 0.1) is 18.0 Å². The lowest BCUT2D eigenvalue weighted by Crippen LogP contribution is -2.53. The molecule has 1 aromatic rings. The molecule has 1 fully saturated rings. The van der Waals surface area contributed by atoms with Gasteiger partial charge < -0.3 is 15.4 Å². The highest BCUT2D eigenvalue weighted by atomic mass is 32.2. The summed E-state index contributed by atoms with van der Waals surface area (Å²) in [4.78, 5) is 24.6. The van der Waals surface area contributed by atoms with E-state index < -0.39 is 28.1 Å². The predicted octanol–water partition coefficient (Wildman–Crippen LogP) is 2.16. The van der Waals surface area contributed by atoms with Crippen LogP contribution in [-0.2, 0) is 24.3 Å². The summed E-state index contributed by atoms with van der Waals surface area (Å²) in [6.07, 6.45) is 7.15. The monoisotopic (exact) mass is 463 g/mol. The molecule has 2 aliphatic rings. The molecular weight excluding hydrogens is 430 g/mol. The van der Waals surface area contributed by atoms with E-state index >= 15 is 0 Å². The summed E-state index contributed by atoms with van der Waals surface area (Å²) in [5, 5.41) is 5.16. The summed E-state index contributed by atoms with van der Waals surface area (Å²) in [6.45, 7) is 4.58. The summed E-state index contributed by atoms with van der Waals surface area (Å²) < 4.78 is 33.5. The third-order valence-corrected chi connectivity index (χ3v) is 7.88. The van der Waals surface area contributed by atoms with E-state index in [2.05, 4.69) is 16.7 Å². The number of sulfonamides is 1. The first kappa shape index (κ1) is 24.4. The summed E-state index contributed by atoms with van der Waals surface area (Å²) in [5.41, 5.74) is 2.81. The van der Waals surface area contributed by atoms with E-state index in [1.165, 1.54) is 22.7 Å². The van der Waals surface area contributed by atoms with Gasteiger partial charge in [0.1, 0.15) is 6.23 Å². The maximum Gasteiger partial charge on any atom is 0.309 e. The highest BCUT2D eigenvalue weighted by Crippen LogP contribution is 2.25. The van der Waals surface area contributed by atoms with Crippen molar-refractivity contribution in [3.05, 3.63) is 41.0 Å². The summed E-state index contributed by atoms with van der Waals surface area (Å²) in [6, 6.07) is 5.28. The number of amides is 2. The molecule has 8 nitrogen and oxygen atoms in total. The first-order valence-electron chi connectivity index (χ1n) is 11.2. The molecule has 32 heavy (non-hydrogen) atoms. The third-order valence-electron chi connectivity index (χ3n) is 5.84. The number of nitrogens with one attached hydrogen (secondary N) is 2. The lowest BCUT2D eigenvalue weighted by atomic mass is 9.97. The van der Waals surface area contributed by atoms with Gasteiger partial charge in [-0.15, -0.1) is 0 Å². The van der Waals surface area contributed by atoms with Crippen LogP contribution >= 0.6 is 0 Å². The van der Waals surface area contributed by atoms with E-state index in [4.69, 9.17) is 4.74 Å². The summed E-state index contributed by atoms with van der Waals surface area (Å²) in [7, 11) is -3.81. The molecule has 1 aliphatic heterocycles. The van der Waals surface area contributed by atoms with Crippen LogP contribution in [-0.4, -0.2) is 57.0 Å². The van der Waals surface area contributed by atoms with Gasteiger partial charge in [-0.1, -0.05) is 23.8 Å². The number of hydrogen-bond acceptors (Lipinski definition) is 5. The average molecular weight is 464 g/mol. The van der Waals surface area contributed by atoms with Crippen LogP contribution in [0.3, 0.4) is 0 Å². The lowest BCUT2D eigenvalue weighted by molar-refractivity contribution is -0.140. The summed E-state index contributed by atoms with van der Waals surface area (Å²) >= 11 is 0. The second kappa shape index (κ2) is 11.1. The molecule has 2 N–H and O–H groups in total. The molecule has 1 aliphatic carbocycles. The Bertz CT molecular complexity index is 974. The molecule has 0 saturated carbocycles. The SMILES string of the molecule is Cc1ccc(C)c(S(=O)(=O)N2CCCO[C@@H]2CNC(=O)C(=O)NCCC2=CCCCC2)c1. The highest BCUT2D eigenvalue weighted by Gasteiger charge is 2.35. The van der Waals surface area contributed by atoms with Gasteiger partial charge >= 0.3 is 11.8 Å². The van der Waals surface area contributed by atoms with Gasteiger partial charge in [-0.2, -0.15) is 4.31 Å². The zero-order chi connectivity index (χ0) is 23.1. The van der Waals surface area contributed by atoms with Crippen molar-refractivity contribution in [2.45, 2.75) is 63.5 Å². The van der Waals surface area contributed by atoms with E-state index in [-0.39, 0.29) is 18.0 Å². The van der Waals surface area contributed by atoms with Crippen molar-refractivity contribution in [3.8, 4) is 0 Å². The fourth-order valence-electron chi connectivity index (χ4n) is 4.02. The van der Waals surface area contributed by atoms with Crippen LogP contribution in [0.2, 0.25) is 0 Å². The zero-order valence-corrected chi connectivity index (χ0v) is 19.7. The molecule has 1 atom stereocenters. The van der Waals surface area contributed by atoms with Crippen molar-refractivity contribution in [2.75, 3.05) is 26.2 Å². The molecule has 2 amide bonds. The van der Waals surface area contributed by atoms with Crippen molar-refractivity contribution >= 4 is 21.8 Å². The molecular formula is C23H33N3O5S. The minimum absolute atomic E-state index is 0.0957. The van der Waals surface area contributed by atoms with E-state index in [1.54, 1.807) is 19.1 Å². The van der Waals surface area contributed by atoms with Gasteiger partial charge in [0.25, 0.3) is 0 Å². The molecule has 9 heteroatoms. The van der Waals surface area contributed by atoms with E-state index in [9.17, 15) is 18.0 Å². The van der Waals surface area contributed by atoms with E-state index in [0.29, 0.717) is 25.1 Å². The zero-order valence-electron chi connectivity index (χ0n) is 18.9. The number of allylic oxidation sites excluding steroid dienone is 1. The number of carbonyl (C=O) groups excluding carboxylic acids is 2. The predicted molar refractivity (Wildman–Crippen MR) is 121 cm³/mol. The molecule has 0 bridgehead atoms. The average Bonchev–Trinajstić information content (AvgIpc) is 2.79. The Morgan fingerprint density at radius 1 is 1.12 bits per heavy atom. The van der Waals surface area contributed by atoms with Crippen molar-refractivity contribution in [2.24, 2.45) is 0 Å². The minimum Gasteiger partial charge on any atom is -0.360 e. The Morgan fingerprint density at radius 3 is 2.66 bits per heavy atom. The fourth-order valence-corrected chi connectivity index (χ4v) is 5.90. The Balaban J connectivity index is 1.56. The largest absolute Gasteiger partial charge is 0.360 e. The van der Waals surface area contributed by atoms with Gasteiger partial charge in [0.2, 0.25) is 10.0 Å². The van der Waals surface area contributed by atoms with Crippen LogP contribution in [0.1, 0.15) is 49.7 Å². The van der Waals surface area contributed by atoms with Gasteiger partial charge in [0.15, 0.2) is 0 Å². The maximum absolute atomic E-state index is 13.3. The Labute approximate surface area is 190 Å². The highest BCUT2D eigenvalue weighted by molar-refractivity contribution is 7.89. The number of aryl methyl sites for hydroxylation is 2. The first-order chi connectivity index (χ1) is 15.3. The van der Waals surface area contributed by atoms with Gasteiger partial charge in [-0.05, 0) is 69.6 Å². The number of nitrogens with zero attached hydrogens (tertiary/aromatic N) is 1. The normalized spacial score (nSPS) is 19.8. The molecule has 1 saturated heterocycles. The quantitative estimate of drug-likeness (QED) is 0.476. The van der Waals surface area contributed by atoms with Gasteiger partial charge in [0, 0.05) is 13.1 Å². The molecule has 0 aromatic heterocycles. The van der Waals surface area contributed by atoms with Crippen molar-refractivity contribution < 1.29 is 22.7 Å². The Hall–Kier alpha value is -2.23. The number of hydrogen-bond donors (Lipinski definition) is 2. The Kier molecular flexibility index (Phi) is 8.44. The summed E-state index contributed by atoms with van der Waals surface area (Å²) in [5.74, 6) is -1.51. The van der Waals surface area contributed by atoms with Crippen molar-refractivity contribution in [3.63, 3.8) is 0 Å². The van der Waals surface area contributed by atoms with Crippen LogP contribution in [0.15, 0.2) is 34.7 Å². The second-order valence-corrected chi connectivity index (χ2v) is 10.2. The minimum atomic E-state index is -3.81.